The number of carbonyl (C=O) groups excluding carboxylic acids is 5. The van der Waals surface area contributed by atoms with Crippen LogP contribution < -0.4 is 0 Å². The van der Waals surface area contributed by atoms with Gasteiger partial charge in [0, 0.05) is 39.0 Å². The highest BCUT2D eigenvalue weighted by Gasteiger charge is 2.40. The van der Waals surface area contributed by atoms with Gasteiger partial charge in [-0.25, -0.2) is 0 Å². The Morgan fingerprint density at radius 1 is 1.00 bits per heavy atom. The second kappa shape index (κ2) is 11.6. The van der Waals surface area contributed by atoms with Crippen molar-refractivity contribution in [1.29, 1.82) is 0 Å². The van der Waals surface area contributed by atoms with Crippen molar-refractivity contribution in [3.05, 3.63) is 0 Å². The van der Waals surface area contributed by atoms with E-state index in [9.17, 15) is 24.0 Å². The van der Waals surface area contributed by atoms with E-state index in [1.54, 1.807) is 11.8 Å². The van der Waals surface area contributed by atoms with Crippen molar-refractivity contribution in [2.45, 2.75) is 40.0 Å². The van der Waals surface area contributed by atoms with E-state index in [4.69, 9.17) is 4.74 Å². The minimum absolute atomic E-state index is 0. The summed E-state index contributed by atoms with van der Waals surface area (Å²) in [5.74, 6) is -2.63. The third kappa shape index (κ3) is 6.40. The summed E-state index contributed by atoms with van der Waals surface area (Å²) in [6.45, 7) is 7.84. The zero-order valence-corrected chi connectivity index (χ0v) is 16.3. The minimum Gasteiger partial charge on any atom is -0.465 e. The molecule has 9 heteroatoms. The molecule has 1 unspecified atom stereocenters. The van der Waals surface area contributed by atoms with Crippen LogP contribution in [-0.4, -0.2) is 71.9 Å². The van der Waals surface area contributed by atoms with E-state index in [0.29, 0.717) is 26.1 Å². The van der Waals surface area contributed by atoms with E-state index >= 15 is 0 Å². The van der Waals surface area contributed by atoms with Crippen LogP contribution in [0.1, 0.15) is 40.0 Å². The first-order chi connectivity index (χ1) is 11.8. The molecule has 0 N–H and O–H groups in total. The maximum absolute atomic E-state index is 11.7. The number of carbonyl (C=O) groups is 5. The number of ketones is 2. The van der Waals surface area contributed by atoms with Gasteiger partial charge in [-0.05, 0) is 20.8 Å². The Morgan fingerprint density at radius 2 is 1.58 bits per heavy atom. The molecule has 0 saturated carbocycles. The SMILES string of the molecule is CCN1CCC(=O)CC1=O.CCOC(=O)C1C(=O)CCN(CC)C1=O.Cl. The zero-order chi connectivity index (χ0) is 19.0. The zero-order valence-electron chi connectivity index (χ0n) is 15.5. The molecule has 0 aromatic rings. The number of hydrogen-bond acceptors (Lipinski definition) is 6. The number of amides is 2. The second-order valence-electron chi connectivity index (χ2n) is 5.76. The number of ether oxygens (including phenoxy) is 1. The first-order valence-electron chi connectivity index (χ1n) is 8.63. The number of hydrogen-bond donors (Lipinski definition) is 0. The van der Waals surface area contributed by atoms with Crippen LogP contribution in [-0.2, 0) is 28.7 Å². The predicted molar refractivity (Wildman–Crippen MR) is 95.7 cm³/mol. The van der Waals surface area contributed by atoms with Crippen LogP contribution in [0, 0.1) is 5.92 Å². The Balaban J connectivity index is 0.000000497. The van der Waals surface area contributed by atoms with Crippen molar-refractivity contribution in [2.24, 2.45) is 5.92 Å². The van der Waals surface area contributed by atoms with Crippen LogP contribution >= 0.6 is 12.4 Å². The van der Waals surface area contributed by atoms with Gasteiger partial charge in [-0.2, -0.15) is 0 Å². The highest BCUT2D eigenvalue weighted by molar-refractivity contribution is 6.17. The van der Waals surface area contributed by atoms with Crippen molar-refractivity contribution < 1.29 is 28.7 Å². The summed E-state index contributed by atoms with van der Waals surface area (Å²) in [4.78, 5) is 59.4. The molecule has 0 aromatic heterocycles. The summed E-state index contributed by atoms with van der Waals surface area (Å²) in [6.07, 6.45) is 0.899. The lowest BCUT2D eigenvalue weighted by Crippen LogP contribution is -2.49. The first-order valence-corrected chi connectivity index (χ1v) is 8.63. The van der Waals surface area contributed by atoms with Gasteiger partial charge in [0.1, 0.15) is 5.78 Å². The lowest BCUT2D eigenvalue weighted by molar-refractivity contribution is -0.161. The molecule has 8 nitrogen and oxygen atoms in total. The summed E-state index contributed by atoms with van der Waals surface area (Å²) in [5.41, 5.74) is 0. The van der Waals surface area contributed by atoms with Crippen molar-refractivity contribution in [3.8, 4) is 0 Å². The average Bonchev–Trinajstić information content (AvgIpc) is 2.56. The highest BCUT2D eigenvalue weighted by Crippen LogP contribution is 2.16. The van der Waals surface area contributed by atoms with Gasteiger partial charge in [-0.1, -0.05) is 0 Å². The lowest BCUT2D eigenvalue weighted by atomic mass is 9.95. The minimum atomic E-state index is -1.22. The van der Waals surface area contributed by atoms with Crippen LogP contribution in [0.5, 0.6) is 0 Å². The Bertz CT molecular complexity index is 551. The van der Waals surface area contributed by atoms with E-state index in [1.165, 1.54) is 4.90 Å². The standard InChI is InChI=1S/C10H15NO4.C7H11NO2.ClH/c1-3-11-6-5-7(12)8(9(11)13)10(14)15-4-2;1-2-8-4-3-6(9)5-7(8)10;/h8H,3-6H2,1-2H3;2-5H2,1H3;1H. The molecule has 2 amide bonds. The van der Waals surface area contributed by atoms with Gasteiger partial charge in [0.05, 0.1) is 13.0 Å². The molecule has 2 heterocycles. The van der Waals surface area contributed by atoms with E-state index in [-0.39, 0.29) is 49.3 Å². The Labute approximate surface area is 159 Å². The van der Waals surface area contributed by atoms with Gasteiger partial charge < -0.3 is 14.5 Å². The van der Waals surface area contributed by atoms with Gasteiger partial charge in [-0.15, -0.1) is 12.4 Å². The fourth-order valence-corrected chi connectivity index (χ4v) is 2.68. The summed E-state index contributed by atoms with van der Waals surface area (Å²) < 4.78 is 4.71. The number of likely N-dealkylation sites (tertiary alicyclic amines) is 2. The number of nitrogens with zero attached hydrogens (tertiary/aromatic N) is 2. The highest BCUT2D eigenvalue weighted by atomic mass is 35.5. The second-order valence-corrected chi connectivity index (χ2v) is 5.76. The average molecular weight is 391 g/mol. The van der Waals surface area contributed by atoms with Crippen molar-refractivity contribution in [3.63, 3.8) is 0 Å². The Kier molecular flexibility index (Phi) is 10.7. The fourth-order valence-electron chi connectivity index (χ4n) is 2.68. The van der Waals surface area contributed by atoms with Crippen LogP contribution in [0.25, 0.3) is 0 Å². The first kappa shape index (κ1) is 24.0. The van der Waals surface area contributed by atoms with Crippen LogP contribution in [0.15, 0.2) is 0 Å². The third-order valence-corrected chi connectivity index (χ3v) is 4.16. The molecule has 2 fully saturated rings. The van der Waals surface area contributed by atoms with Crippen LogP contribution in [0.3, 0.4) is 0 Å². The fraction of sp³-hybridized carbons (Fsp3) is 0.706. The molecular formula is C17H27ClN2O6. The topological polar surface area (TPSA) is 101 Å². The molecule has 0 spiro atoms. The summed E-state index contributed by atoms with van der Waals surface area (Å²) in [5, 5.41) is 0. The van der Waals surface area contributed by atoms with Crippen molar-refractivity contribution in [2.75, 3.05) is 32.8 Å². The largest absolute Gasteiger partial charge is 0.465 e. The maximum atomic E-state index is 11.7. The molecule has 2 aliphatic rings. The number of Topliss-reactive ketones (excluding diaryl/α,β-unsaturated/α-hetero) is 2. The normalized spacial score (nSPS) is 20.2. The van der Waals surface area contributed by atoms with E-state index in [2.05, 4.69) is 0 Å². The summed E-state index contributed by atoms with van der Waals surface area (Å²) in [7, 11) is 0. The number of rotatable bonds is 4. The van der Waals surface area contributed by atoms with Gasteiger partial charge >= 0.3 is 5.97 Å². The van der Waals surface area contributed by atoms with Gasteiger partial charge in [0.25, 0.3) is 0 Å². The van der Waals surface area contributed by atoms with Crippen molar-refractivity contribution in [1.82, 2.24) is 9.80 Å². The van der Waals surface area contributed by atoms with Gasteiger partial charge in [0.2, 0.25) is 11.8 Å². The molecule has 2 aliphatic heterocycles. The number of halogens is 1. The molecule has 26 heavy (non-hydrogen) atoms. The number of piperidine rings is 2. The summed E-state index contributed by atoms with van der Waals surface area (Å²) >= 11 is 0. The summed E-state index contributed by atoms with van der Waals surface area (Å²) in [6, 6.07) is 0. The quantitative estimate of drug-likeness (QED) is 0.514. The van der Waals surface area contributed by atoms with E-state index in [0.717, 1.165) is 6.54 Å². The molecule has 148 valence electrons. The molecule has 0 radical (unpaired) electrons. The lowest BCUT2D eigenvalue weighted by Gasteiger charge is -2.29. The van der Waals surface area contributed by atoms with Crippen LogP contribution in [0.4, 0.5) is 0 Å². The molecule has 0 aliphatic carbocycles. The monoisotopic (exact) mass is 390 g/mol. The Hall–Kier alpha value is -1.96. The molecular weight excluding hydrogens is 364 g/mol. The smallest absolute Gasteiger partial charge is 0.326 e. The molecule has 2 saturated heterocycles. The Morgan fingerprint density at radius 3 is 2.08 bits per heavy atom. The molecule has 1 atom stereocenters. The van der Waals surface area contributed by atoms with Gasteiger partial charge in [-0.3, -0.25) is 24.0 Å². The third-order valence-electron chi connectivity index (χ3n) is 4.16. The van der Waals surface area contributed by atoms with Gasteiger partial charge in [0.15, 0.2) is 11.7 Å². The molecule has 2 rings (SSSR count). The van der Waals surface area contributed by atoms with E-state index < -0.39 is 17.8 Å². The predicted octanol–water partition coefficient (Wildman–Crippen LogP) is 0.607. The molecule has 0 bridgehead atoms. The molecule has 0 aromatic carbocycles. The number of esters is 1. The maximum Gasteiger partial charge on any atom is 0.326 e. The van der Waals surface area contributed by atoms with Crippen LogP contribution in [0.2, 0.25) is 0 Å². The van der Waals surface area contributed by atoms with Crippen molar-refractivity contribution >= 4 is 41.8 Å². The van der Waals surface area contributed by atoms with E-state index in [1.807, 2.05) is 13.8 Å².